The van der Waals surface area contributed by atoms with Crippen LogP contribution in [0.5, 0.6) is 0 Å². The highest BCUT2D eigenvalue weighted by molar-refractivity contribution is 5.61. The van der Waals surface area contributed by atoms with Crippen molar-refractivity contribution >= 4 is 5.69 Å². The van der Waals surface area contributed by atoms with Crippen LogP contribution >= 0.6 is 0 Å². The lowest BCUT2D eigenvalue weighted by atomic mass is 9.97. The second kappa shape index (κ2) is 6.58. The zero-order valence-corrected chi connectivity index (χ0v) is 11.9. The standard InChI is InChI=1S/C16H23N3/c1-3-15-6-4-5-9-19(15)16-8-7-13(12-18-2)10-14(16)11-17/h7-8,10,15,18H,3-6,9,12H2,1-2H3. The first-order valence-electron chi connectivity index (χ1n) is 7.24. The van der Waals surface area contributed by atoms with E-state index in [1.165, 1.54) is 24.8 Å². The third-order valence-electron chi connectivity index (χ3n) is 3.97. The van der Waals surface area contributed by atoms with Crippen LogP contribution in [-0.4, -0.2) is 19.6 Å². The van der Waals surface area contributed by atoms with E-state index in [1.807, 2.05) is 13.1 Å². The highest BCUT2D eigenvalue weighted by atomic mass is 15.2. The van der Waals surface area contributed by atoms with Gasteiger partial charge in [0, 0.05) is 19.1 Å². The molecule has 1 aromatic carbocycles. The summed E-state index contributed by atoms with van der Waals surface area (Å²) in [5, 5.41) is 12.5. The van der Waals surface area contributed by atoms with Gasteiger partial charge in [-0.1, -0.05) is 13.0 Å². The molecule has 102 valence electrons. The molecule has 0 bridgehead atoms. The minimum atomic E-state index is 0.594. The van der Waals surface area contributed by atoms with Gasteiger partial charge in [0.05, 0.1) is 11.3 Å². The molecule has 0 amide bonds. The molecular formula is C16H23N3. The van der Waals surface area contributed by atoms with Gasteiger partial charge in [-0.25, -0.2) is 0 Å². The van der Waals surface area contributed by atoms with E-state index in [-0.39, 0.29) is 0 Å². The van der Waals surface area contributed by atoms with Gasteiger partial charge in [-0.05, 0) is 50.4 Å². The fourth-order valence-corrected chi connectivity index (χ4v) is 2.98. The summed E-state index contributed by atoms with van der Waals surface area (Å²) in [6.07, 6.45) is 4.96. The molecule has 1 aliphatic rings. The predicted octanol–water partition coefficient (Wildman–Crippen LogP) is 3.05. The van der Waals surface area contributed by atoms with Crippen molar-refractivity contribution in [2.45, 2.75) is 45.2 Å². The number of nitrogens with one attached hydrogen (secondary N) is 1. The number of rotatable bonds is 4. The first-order chi connectivity index (χ1) is 9.30. The van der Waals surface area contributed by atoms with Crippen LogP contribution in [0.3, 0.4) is 0 Å². The monoisotopic (exact) mass is 257 g/mol. The molecule has 1 atom stereocenters. The maximum atomic E-state index is 9.40. The van der Waals surface area contributed by atoms with E-state index in [2.05, 4.69) is 35.3 Å². The topological polar surface area (TPSA) is 39.1 Å². The summed E-state index contributed by atoms with van der Waals surface area (Å²) in [6.45, 7) is 4.13. The van der Waals surface area contributed by atoms with E-state index < -0.39 is 0 Å². The van der Waals surface area contributed by atoms with E-state index in [4.69, 9.17) is 0 Å². The Bertz CT molecular complexity index is 462. The van der Waals surface area contributed by atoms with Crippen LogP contribution in [0, 0.1) is 11.3 Å². The predicted molar refractivity (Wildman–Crippen MR) is 79.2 cm³/mol. The summed E-state index contributed by atoms with van der Waals surface area (Å²) in [4.78, 5) is 2.44. The zero-order chi connectivity index (χ0) is 13.7. The molecule has 1 fully saturated rings. The van der Waals surface area contributed by atoms with Crippen LogP contribution < -0.4 is 10.2 Å². The van der Waals surface area contributed by atoms with Crippen LogP contribution in [0.15, 0.2) is 18.2 Å². The van der Waals surface area contributed by atoms with E-state index in [0.29, 0.717) is 6.04 Å². The first kappa shape index (κ1) is 13.9. The maximum Gasteiger partial charge on any atom is 0.101 e. The van der Waals surface area contributed by atoms with Crippen LogP contribution in [0.2, 0.25) is 0 Å². The normalized spacial score (nSPS) is 19.2. The van der Waals surface area contributed by atoms with Gasteiger partial charge in [-0.3, -0.25) is 0 Å². The summed E-state index contributed by atoms with van der Waals surface area (Å²) in [5.74, 6) is 0. The summed E-state index contributed by atoms with van der Waals surface area (Å²) < 4.78 is 0. The third-order valence-corrected chi connectivity index (χ3v) is 3.97. The van der Waals surface area contributed by atoms with Crippen molar-refractivity contribution in [3.8, 4) is 6.07 Å². The van der Waals surface area contributed by atoms with Crippen molar-refractivity contribution in [1.82, 2.24) is 5.32 Å². The van der Waals surface area contributed by atoms with E-state index in [9.17, 15) is 5.26 Å². The highest BCUT2D eigenvalue weighted by Gasteiger charge is 2.23. The summed E-state index contributed by atoms with van der Waals surface area (Å²) in [5.41, 5.74) is 3.11. The van der Waals surface area contributed by atoms with Gasteiger partial charge in [0.15, 0.2) is 0 Å². The number of benzene rings is 1. The molecule has 0 aromatic heterocycles. The molecule has 0 spiro atoms. The molecule has 19 heavy (non-hydrogen) atoms. The van der Waals surface area contributed by atoms with Crippen molar-refractivity contribution in [3.63, 3.8) is 0 Å². The average Bonchev–Trinajstić information content (AvgIpc) is 2.47. The fraction of sp³-hybridized carbons (Fsp3) is 0.562. The smallest absolute Gasteiger partial charge is 0.101 e. The number of nitrogens with zero attached hydrogens (tertiary/aromatic N) is 2. The second-order valence-corrected chi connectivity index (χ2v) is 5.24. The van der Waals surface area contributed by atoms with Gasteiger partial charge in [-0.15, -0.1) is 0 Å². The van der Waals surface area contributed by atoms with Gasteiger partial charge >= 0.3 is 0 Å². The molecule has 2 rings (SSSR count). The molecule has 1 heterocycles. The average molecular weight is 257 g/mol. The number of hydrogen-bond acceptors (Lipinski definition) is 3. The van der Waals surface area contributed by atoms with Crippen molar-refractivity contribution in [2.75, 3.05) is 18.5 Å². The largest absolute Gasteiger partial charge is 0.367 e. The molecule has 1 unspecified atom stereocenters. The maximum absolute atomic E-state index is 9.40. The first-order valence-corrected chi connectivity index (χ1v) is 7.24. The molecule has 0 aliphatic carbocycles. The molecule has 1 aromatic rings. The molecule has 0 saturated carbocycles. The lowest BCUT2D eigenvalue weighted by Gasteiger charge is -2.37. The molecule has 3 nitrogen and oxygen atoms in total. The summed E-state index contributed by atoms with van der Waals surface area (Å²) in [6, 6.07) is 9.24. The van der Waals surface area contributed by atoms with Crippen molar-refractivity contribution in [1.29, 1.82) is 5.26 Å². The van der Waals surface area contributed by atoms with Gasteiger partial charge in [0.25, 0.3) is 0 Å². The summed E-state index contributed by atoms with van der Waals surface area (Å²) in [7, 11) is 1.93. The van der Waals surface area contributed by atoms with Crippen molar-refractivity contribution in [2.24, 2.45) is 0 Å². The quantitative estimate of drug-likeness (QED) is 0.901. The molecule has 1 aliphatic heterocycles. The van der Waals surface area contributed by atoms with Crippen LogP contribution in [0.1, 0.15) is 43.7 Å². The summed E-state index contributed by atoms with van der Waals surface area (Å²) >= 11 is 0. The van der Waals surface area contributed by atoms with Crippen molar-refractivity contribution in [3.05, 3.63) is 29.3 Å². The highest BCUT2D eigenvalue weighted by Crippen LogP contribution is 2.29. The molecule has 0 radical (unpaired) electrons. The Morgan fingerprint density at radius 2 is 2.26 bits per heavy atom. The van der Waals surface area contributed by atoms with Gasteiger partial charge < -0.3 is 10.2 Å². The molecule has 1 N–H and O–H groups in total. The Kier molecular flexibility index (Phi) is 4.81. The second-order valence-electron chi connectivity index (χ2n) is 5.24. The Hall–Kier alpha value is -1.53. The van der Waals surface area contributed by atoms with Crippen LogP contribution in [0.25, 0.3) is 0 Å². The molecule has 1 saturated heterocycles. The van der Waals surface area contributed by atoms with Gasteiger partial charge in [-0.2, -0.15) is 5.26 Å². The van der Waals surface area contributed by atoms with Crippen LogP contribution in [-0.2, 0) is 6.54 Å². The van der Waals surface area contributed by atoms with Gasteiger partial charge in [0.2, 0.25) is 0 Å². The Balaban J connectivity index is 2.30. The number of hydrogen-bond donors (Lipinski definition) is 1. The number of nitriles is 1. The van der Waals surface area contributed by atoms with Crippen LogP contribution in [0.4, 0.5) is 5.69 Å². The Morgan fingerprint density at radius 3 is 2.95 bits per heavy atom. The van der Waals surface area contributed by atoms with E-state index in [1.54, 1.807) is 0 Å². The number of anilines is 1. The lowest BCUT2D eigenvalue weighted by molar-refractivity contribution is 0.450. The minimum Gasteiger partial charge on any atom is -0.367 e. The van der Waals surface area contributed by atoms with Gasteiger partial charge in [0.1, 0.15) is 6.07 Å². The zero-order valence-electron chi connectivity index (χ0n) is 11.9. The fourth-order valence-electron chi connectivity index (χ4n) is 2.98. The Morgan fingerprint density at radius 1 is 1.42 bits per heavy atom. The van der Waals surface area contributed by atoms with Crippen molar-refractivity contribution < 1.29 is 0 Å². The lowest BCUT2D eigenvalue weighted by Crippen LogP contribution is -2.39. The molecule has 3 heteroatoms. The SMILES string of the molecule is CCC1CCCCN1c1ccc(CNC)cc1C#N. The third kappa shape index (κ3) is 3.08. The molecular weight excluding hydrogens is 234 g/mol. The Labute approximate surface area is 116 Å². The number of piperidine rings is 1. The van der Waals surface area contributed by atoms with E-state index in [0.717, 1.165) is 30.8 Å². The minimum absolute atomic E-state index is 0.594. The van der Waals surface area contributed by atoms with E-state index >= 15 is 0 Å².